The zero-order chi connectivity index (χ0) is 24.8. The molecule has 0 spiro atoms. The average Bonchev–Trinajstić information content (AvgIpc) is 3.05. The highest BCUT2D eigenvalue weighted by atomic mass is 35.5. The van der Waals surface area contributed by atoms with Gasteiger partial charge in [0.1, 0.15) is 0 Å². The van der Waals surface area contributed by atoms with Gasteiger partial charge in [0.05, 0.1) is 33.3 Å². The first-order chi connectivity index (χ1) is 15.9. The second-order valence-electron chi connectivity index (χ2n) is 8.93. The smallest absolute Gasteiger partial charge is 0.255 e. The van der Waals surface area contributed by atoms with Gasteiger partial charge in [0.15, 0.2) is 27.3 Å². The molecule has 2 aromatic carbocycles. The number of nitriles is 1. The quantitative estimate of drug-likeness (QED) is 0.569. The highest BCUT2D eigenvalue weighted by molar-refractivity contribution is 7.92. The van der Waals surface area contributed by atoms with Gasteiger partial charge in [0, 0.05) is 23.4 Å². The maximum atomic E-state index is 13.6. The monoisotopic (exact) mass is 512 g/mol. The summed E-state index contributed by atoms with van der Waals surface area (Å²) in [4.78, 5) is 12.4. The molecular formula is C23H20ClF3N2O4S. The third kappa shape index (κ3) is 4.40. The van der Waals surface area contributed by atoms with Crippen molar-refractivity contribution in [3.05, 3.63) is 58.4 Å². The third-order valence-corrected chi connectivity index (χ3v) is 9.51. The molecule has 2 N–H and O–H groups in total. The molecule has 11 heteroatoms. The van der Waals surface area contributed by atoms with Crippen LogP contribution in [-0.4, -0.2) is 30.3 Å². The van der Waals surface area contributed by atoms with Gasteiger partial charge in [-0.05, 0) is 55.7 Å². The van der Waals surface area contributed by atoms with Crippen molar-refractivity contribution in [3.8, 4) is 6.07 Å². The Morgan fingerprint density at radius 3 is 2.29 bits per heavy atom. The van der Waals surface area contributed by atoms with Gasteiger partial charge in [0.25, 0.3) is 5.91 Å². The second-order valence-corrected chi connectivity index (χ2v) is 11.4. The molecule has 2 bridgehead atoms. The highest BCUT2D eigenvalue weighted by Crippen LogP contribution is 2.52. The maximum absolute atomic E-state index is 13.6. The SMILES string of the molecule is N#CCC1(O)CC2CCC(C1)C2S(=O)(=O)c1cc(C(=O)Nc2cc(F)c(F)c(F)c2)ccc1Cl. The van der Waals surface area contributed by atoms with E-state index in [1.807, 2.05) is 6.07 Å². The standard InChI is InChI=1S/C23H20ClF3N2O4S/c24-16-4-3-12(22(30)29-15-8-17(25)20(27)18(26)9-15)7-19(16)34(32,33)21-13-1-2-14(21)11-23(31,10-13)5-6-28/h3-4,7-9,13-14,21,31H,1-2,5,10-11H2,(H,29,30). The van der Waals surface area contributed by atoms with Gasteiger partial charge in [-0.25, -0.2) is 21.6 Å². The number of fused-ring (bicyclic) bond motifs is 2. The maximum Gasteiger partial charge on any atom is 0.255 e. The van der Waals surface area contributed by atoms with Crippen LogP contribution in [0.2, 0.25) is 5.02 Å². The van der Waals surface area contributed by atoms with Crippen molar-refractivity contribution in [3.63, 3.8) is 0 Å². The summed E-state index contributed by atoms with van der Waals surface area (Å²) >= 11 is 6.20. The van der Waals surface area contributed by atoms with E-state index in [1.54, 1.807) is 0 Å². The Morgan fingerprint density at radius 1 is 1.15 bits per heavy atom. The van der Waals surface area contributed by atoms with Crippen LogP contribution in [0, 0.1) is 40.6 Å². The predicted octanol–water partition coefficient (Wildman–Crippen LogP) is 4.62. The summed E-state index contributed by atoms with van der Waals surface area (Å²) in [5.41, 5.74) is -1.70. The lowest BCUT2D eigenvalue weighted by Gasteiger charge is -2.39. The fourth-order valence-electron chi connectivity index (χ4n) is 5.28. The third-order valence-electron chi connectivity index (χ3n) is 6.63. The van der Waals surface area contributed by atoms with Crippen molar-refractivity contribution in [2.75, 3.05) is 5.32 Å². The molecule has 180 valence electrons. The number of rotatable bonds is 5. The van der Waals surface area contributed by atoms with E-state index in [2.05, 4.69) is 5.32 Å². The summed E-state index contributed by atoms with van der Waals surface area (Å²) in [6.07, 6.45) is 1.46. The fraction of sp³-hybridized carbons (Fsp3) is 0.391. The van der Waals surface area contributed by atoms with E-state index in [0.717, 1.165) is 6.07 Å². The van der Waals surface area contributed by atoms with E-state index in [4.69, 9.17) is 16.9 Å². The van der Waals surface area contributed by atoms with Crippen LogP contribution in [0.1, 0.15) is 42.5 Å². The molecule has 2 fully saturated rings. The molecule has 6 nitrogen and oxygen atoms in total. The summed E-state index contributed by atoms with van der Waals surface area (Å²) in [5, 5.41) is 21.0. The zero-order valence-electron chi connectivity index (χ0n) is 17.7. The Morgan fingerprint density at radius 2 is 1.74 bits per heavy atom. The normalized spacial score (nSPS) is 26.2. The van der Waals surface area contributed by atoms with E-state index in [1.165, 1.54) is 12.1 Å². The Labute approximate surface area is 199 Å². The number of hydrogen-bond acceptors (Lipinski definition) is 5. The number of hydrogen-bond donors (Lipinski definition) is 2. The predicted molar refractivity (Wildman–Crippen MR) is 117 cm³/mol. The summed E-state index contributed by atoms with van der Waals surface area (Å²) in [6, 6.07) is 6.76. The molecule has 2 aliphatic carbocycles. The number of benzene rings is 2. The first-order valence-corrected chi connectivity index (χ1v) is 12.5. The van der Waals surface area contributed by atoms with E-state index >= 15 is 0 Å². The number of aliphatic hydroxyl groups is 1. The molecule has 34 heavy (non-hydrogen) atoms. The number of carbonyl (C=O) groups is 1. The molecule has 2 aromatic rings. The Bertz CT molecular complexity index is 1270. The minimum absolute atomic E-state index is 0.0756. The lowest BCUT2D eigenvalue weighted by molar-refractivity contribution is -0.0147. The number of sulfone groups is 1. The van der Waals surface area contributed by atoms with Crippen molar-refractivity contribution in [1.29, 1.82) is 5.26 Å². The van der Waals surface area contributed by atoms with Gasteiger partial charge >= 0.3 is 0 Å². The summed E-state index contributed by atoms with van der Waals surface area (Å²) in [7, 11) is -4.02. The summed E-state index contributed by atoms with van der Waals surface area (Å²) in [6.45, 7) is 0. The zero-order valence-corrected chi connectivity index (χ0v) is 19.3. The average molecular weight is 513 g/mol. The second kappa shape index (κ2) is 8.87. The number of halogens is 4. The van der Waals surface area contributed by atoms with Gasteiger partial charge in [-0.15, -0.1) is 0 Å². The van der Waals surface area contributed by atoms with Crippen molar-refractivity contribution >= 4 is 33.0 Å². The molecule has 2 aliphatic rings. The summed E-state index contributed by atoms with van der Waals surface area (Å²) in [5.74, 6) is -6.24. The van der Waals surface area contributed by atoms with Crippen LogP contribution in [0.4, 0.5) is 18.9 Å². The number of nitrogens with one attached hydrogen (secondary N) is 1. The number of amides is 1. The van der Waals surface area contributed by atoms with Crippen LogP contribution in [0.25, 0.3) is 0 Å². The van der Waals surface area contributed by atoms with Gasteiger partial charge in [-0.3, -0.25) is 4.79 Å². The van der Waals surface area contributed by atoms with Crippen LogP contribution < -0.4 is 5.32 Å². The molecule has 0 aliphatic heterocycles. The van der Waals surface area contributed by atoms with Gasteiger partial charge in [0.2, 0.25) is 0 Å². The van der Waals surface area contributed by atoms with Crippen LogP contribution in [-0.2, 0) is 9.84 Å². The molecule has 2 atom stereocenters. The highest BCUT2D eigenvalue weighted by Gasteiger charge is 2.54. The minimum atomic E-state index is -4.02. The topological polar surface area (TPSA) is 107 Å². The fourth-order valence-corrected chi connectivity index (χ4v) is 8.12. The Kier molecular flexibility index (Phi) is 6.40. The molecule has 0 radical (unpaired) electrons. The van der Waals surface area contributed by atoms with Crippen molar-refractivity contribution in [1.82, 2.24) is 0 Å². The van der Waals surface area contributed by atoms with E-state index in [9.17, 15) is 31.5 Å². The van der Waals surface area contributed by atoms with Crippen molar-refractivity contribution in [2.45, 2.75) is 47.9 Å². The van der Waals surface area contributed by atoms with Crippen LogP contribution in [0.5, 0.6) is 0 Å². The lowest BCUT2D eigenvalue weighted by Crippen LogP contribution is -2.46. The molecule has 0 aromatic heterocycles. The van der Waals surface area contributed by atoms with Gasteiger partial charge < -0.3 is 10.4 Å². The number of nitrogens with zero attached hydrogens (tertiary/aromatic N) is 1. The molecule has 0 heterocycles. The largest absolute Gasteiger partial charge is 0.389 e. The molecule has 4 rings (SSSR count). The summed E-state index contributed by atoms with van der Waals surface area (Å²) < 4.78 is 67.3. The van der Waals surface area contributed by atoms with Crippen LogP contribution in [0.15, 0.2) is 35.2 Å². The van der Waals surface area contributed by atoms with E-state index < -0.39 is 44.0 Å². The molecule has 2 unspecified atom stereocenters. The van der Waals surface area contributed by atoms with E-state index in [-0.39, 0.29) is 52.3 Å². The molecule has 2 saturated carbocycles. The Hall–Kier alpha value is -2.61. The van der Waals surface area contributed by atoms with Crippen LogP contribution >= 0.6 is 11.6 Å². The molecule has 0 saturated heterocycles. The first-order valence-electron chi connectivity index (χ1n) is 10.5. The van der Waals surface area contributed by atoms with Gasteiger partial charge in [-0.1, -0.05) is 11.6 Å². The lowest BCUT2D eigenvalue weighted by atomic mass is 9.76. The van der Waals surface area contributed by atoms with Crippen molar-refractivity contribution < 1.29 is 31.5 Å². The van der Waals surface area contributed by atoms with Gasteiger partial charge in [-0.2, -0.15) is 5.26 Å². The minimum Gasteiger partial charge on any atom is -0.389 e. The number of carbonyl (C=O) groups excluding carboxylic acids is 1. The van der Waals surface area contributed by atoms with Crippen molar-refractivity contribution in [2.24, 2.45) is 11.8 Å². The molecule has 1 amide bonds. The molecular weight excluding hydrogens is 493 g/mol. The van der Waals surface area contributed by atoms with E-state index in [0.29, 0.717) is 25.0 Å². The number of anilines is 1. The Balaban J connectivity index is 1.62. The van der Waals surface area contributed by atoms with Crippen LogP contribution in [0.3, 0.4) is 0 Å². The first kappa shape index (κ1) is 24.5.